The lowest BCUT2D eigenvalue weighted by molar-refractivity contribution is 0.577. The maximum Gasteiger partial charge on any atom is 0.0363 e. The second-order valence-corrected chi connectivity index (χ2v) is 4.26. The smallest absolute Gasteiger partial charge is 0.0363 e. The maximum absolute atomic E-state index is 3.33. The predicted molar refractivity (Wildman–Crippen MR) is 72.1 cm³/mol. The third-order valence-corrected chi connectivity index (χ3v) is 3.05. The summed E-state index contributed by atoms with van der Waals surface area (Å²) in [6.07, 6.45) is 2.31. The molecule has 0 saturated carbocycles. The van der Waals surface area contributed by atoms with Crippen molar-refractivity contribution in [1.29, 1.82) is 0 Å². The molecule has 1 aromatic carbocycles. The summed E-state index contributed by atoms with van der Waals surface area (Å²) < 4.78 is 0. The number of anilines is 1. The Morgan fingerprint density at radius 3 is 2.25 bits per heavy atom. The summed E-state index contributed by atoms with van der Waals surface area (Å²) in [7, 11) is 4.17. The van der Waals surface area contributed by atoms with E-state index in [-0.39, 0.29) is 0 Å². The second kappa shape index (κ2) is 6.54. The Hall–Kier alpha value is -1.02. The Morgan fingerprint density at radius 1 is 1.19 bits per heavy atom. The quantitative estimate of drug-likeness (QED) is 0.792. The number of benzene rings is 1. The molecule has 0 aliphatic heterocycles. The van der Waals surface area contributed by atoms with E-state index in [1.807, 2.05) is 7.05 Å². The highest BCUT2D eigenvalue weighted by Gasteiger charge is 2.06. The Labute approximate surface area is 99.7 Å². The molecule has 0 spiro atoms. The molecule has 1 rings (SSSR count). The lowest BCUT2D eigenvalue weighted by Crippen LogP contribution is -2.18. The van der Waals surface area contributed by atoms with Crippen LogP contribution in [0.4, 0.5) is 5.69 Å². The minimum absolute atomic E-state index is 0.477. The van der Waals surface area contributed by atoms with Crippen LogP contribution in [0.1, 0.15) is 38.3 Å². The van der Waals surface area contributed by atoms with Crippen LogP contribution in [0, 0.1) is 0 Å². The molecule has 2 heteroatoms. The number of rotatable bonds is 6. The molecule has 0 amide bonds. The van der Waals surface area contributed by atoms with Crippen LogP contribution in [-0.2, 0) is 0 Å². The topological polar surface area (TPSA) is 15.3 Å². The summed E-state index contributed by atoms with van der Waals surface area (Å²) in [5.74, 6) is 0. The van der Waals surface area contributed by atoms with Crippen molar-refractivity contribution in [2.75, 3.05) is 25.5 Å². The molecule has 1 atom stereocenters. The van der Waals surface area contributed by atoms with Gasteiger partial charge in [0.15, 0.2) is 0 Å². The summed E-state index contributed by atoms with van der Waals surface area (Å²) >= 11 is 0. The largest absolute Gasteiger partial charge is 0.375 e. The Morgan fingerprint density at radius 2 is 1.81 bits per heavy atom. The molecule has 1 aromatic rings. The van der Waals surface area contributed by atoms with Gasteiger partial charge < -0.3 is 10.2 Å². The molecular weight excluding hydrogens is 196 g/mol. The zero-order chi connectivity index (χ0) is 12.0. The zero-order valence-corrected chi connectivity index (χ0v) is 11.0. The number of hydrogen-bond donors (Lipinski definition) is 1. The van der Waals surface area contributed by atoms with Gasteiger partial charge in [-0.3, -0.25) is 0 Å². The first-order valence-electron chi connectivity index (χ1n) is 6.21. The Kier molecular flexibility index (Phi) is 5.33. The van der Waals surface area contributed by atoms with Crippen LogP contribution >= 0.6 is 0 Å². The van der Waals surface area contributed by atoms with Crippen LogP contribution in [-0.4, -0.2) is 20.6 Å². The summed E-state index contributed by atoms with van der Waals surface area (Å²) in [6.45, 7) is 5.53. The van der Waals surface area contributed by atoms with Crippen molar-refractivity contribution in [3.05, 3.63) is 29.8 Å². The van der Waals surface area contributed by atoms with Crippen LogP contribution in [0.3, 0.4) is 0 Å². The normalized spacial score (nSPS) is 12.5. The van der Waals surface area contributed by atoms with Gasteiger partial charge >= 0.3 is 0 Å². The standard InChI is InChI=1S/C14H24N2/c1-5-11-16(4)13-9-7-12(8-10-13)14(6-2)15-3/h7-10,14-15H,5-6,11H2,1-4H3. The third kappa shape index (κ3) is 3.24. The van der Waals surface area contributed by atoms with Gasteiger partial charge in [0.25, 0.3) is 0 Å². The molecule has 16 heavy (non-hydrogen) atoms. The van der Waals surface area contributed by atoms with Gasteiger partial charge in [-0.25, -0.2) is 0 Å². The van der Waals surface area contributed by atoms with E-state index in [1.165, 1.54) is 17.7 Å². The molecule has 0 fully saturated rings. The van der Waals surface area contributed by atoms with Crippen molar-refractivity contribution in [1.82, 2.24) is 5.32 Å². The summed E-state index contributed by atoms with van der Waals surface area (Å²) in [6, 6.07) is 9.36. The van der Waals surface area contributed by atoms with Crippen LogP contribution in [0.15, 0.2) is 24.3 Å². The minimum atomic E-state index is 0.477. The van der Waals surface area contributed by atoms with E-state index in [2.05, 4.69) is 55.4 Å². The average molecular weight is 220 g/mol. The first-order chi connectivity index (χ1) is 7.72. The molecule has 2 nitrogen and oxygen atoms in total. The second-order valence-electron chi connectivity index (χ2n) is 4.26. The van der Waals surface area contributed by atoms with Gasteiger partial charge in [0.2, 0.25) is 0 Å². The molecule has 0 bridgehead atoms. The van der Waals surface area contributed by atoms with Crippen molar-refractivity contribution < 1.29 is 0 Å². The molecule has 0 heterocycles. The van der Waals surface area contributed by atoms with E-state index >= 15 is 0 Å². The predicted octanol–water partition coefficient (Wildman–Crippen LogP) is 3.20. The van der Waals surface area contributed by atoms with Gasteiger partial charge in [0.05, 0.1) is 0 Å². The summed E-state index contributed by atoms with van der Waals surface area (Å²) in [4.78, 5) is 2.30. The molecule has 0 aliphatic carbocycles. The van der Waals surface area contributed by atoms with Crippen molar-refractivity contribution in [2.24, 2.45) is 0 Å². The van der Waals surface area contributed by atoms with E-state index < -0.39 is 0 Å². The van der Waals surface area contributed by atoms with Gasteiger partial charge in [-0.05, 0) is 37.6 Å². The lowest BCUT2D eigenvalue weighted by Gasteiger charge is -2.20. The Balaban J connectivity index is 2.74. The molecule has 1 N–H and O–H groups in total. The monoisotopic (exact) mass is 220 g/mol. The molecule has 0 aliphatic rings. The van der Waals surface area contributed by atoms with Crippen molar-refractivity contribution >= 4 is 5.69 Å². The molecule has 90 valence electrons. The van der Waals surface area contributed by atoms with Crippen LogP contribution in [0.5, 0.6) is 0 Å². The number of nitrogens with one attached hydrogen (secondary N) is 1. The highest BCUT2D eigenvalue weighted by Crippen LogP contribution is 2.20. The summed E-state index contributed by atoms with van der Waals surface area (Å²) in [5.41, 5.74) is 2.68. The fourth-order valence-corrected chi connectivity index (χ4v) is 2.03. The number of hydrogen-bond acceptors (Lipinski definition) is 2. The molecule has 0 aromatic heterocycles. The van der Waals surface area contributed by atoms with Crippen molar-refractivity contribution in [3.63, 3.8) is 0 Å². The fraction of sp³-hybridized carbons (Fsp3) is 0.571. The van der Waals surface area contributed by atoms with Crippen molar-refractivity contribution in [2.45, 2.75) is 32.7 Å². The first kappa shape index (κ1) is 13.0. The van der Waals surface area contributed by atoms with E-state index in [1.54, 1.807) is 0 Å². The van der Waals surface area contributed by atoms with Gasteiger partial charge in [-0.2, -0.15) is 0 Å². The van der Waals surface area contributed by atoms with E-state index in [0.29, 0.717) is 6.04 Å². The molecule has 1 unspecified atom stereocenters. The number of nitrogens with zero attached hydrogens (tertiary/aromatic N) is 1. The molecule has 0 radical (unpaired) electrons. The average Bonchev–Trinajstić information content (AvgIpc) is 2.32. The van der Waals surface area contributed by atoms with E-state index in [9.17, 15) is 0 Å². The minimum Gasteiger partial charge on any atom is -0.375 e. The maximum atomic E-state index is 3.33. The fourth-order valence-electron chi connectivity index (χ4n) is 2.03. The SMILES string of the molecule is CCCN(C)c1ccc(C(CC)NC)cc1. The van der Waals surface area contributed by atoms with Gasteiger partial charge in [0.1, 0.15) is 0 Å². The van der Waals surface area contributed by atoms with Crippen molar-refractivity contribution in [3.8, 4) is 0 Å². The van der Waals surface area contributed by atoms with Gasteiger partial charge in [-0.1, -0.05) is 26.0 Å². The zero-order valence-electron chi connectivity index (χ0n) is 11.0. The summed E-state index contributed by atoms with van der Waals surface area (Å²) in [5, 5.41) is 3.33. The highest BCUT2D eigenvalue weighted by atomic mass is 15.1. The molecular formula is C14H24N2. The molecule has 0 saturated heterocycles. The van der Waals surface area contributed by atoms with Crippen LogP contribution in [0.25, 0.3) is 0 Å². The third-order valence-electron chi connectivity index (χ3n) is 3.05. The van der Waals surface area contributed by atoms with Crippen LogP contribution < -0.4 is 10.2 Å². The first-order valence-corrected chi connectivity index (χ1v) is 6.21. The van der Waals surface area contributed by atoms with Gasteiger partial charge in [-0.15, -0.1) is 0 Å². The Bertz CT molecular complexity index is 288. The van der Waals surface area contributed by atoms with Crippen LogP contribution in [0.2, 0.25) is 0 Å². The van der Waals surface area contributed by atoms with E-state index in [0.717, 1.165) is 13.0 Å². The van der Waals surface area contributed by atoms with E-state index in [4.69, 9.17) is 0 Å². The highest BCUT2D eigenvalue weighted by molar-refractivity contribution is 5.47. The van der Waals surface area contributed by atoms with Gasteiger partial charge in [0, 0.05) is 25.3 Å². The lowest BCUT2D eigenvalue weighted by atomic mass is 10.0.